The monoisotopic (exact) mass is 485 g/mol. The van der Waals surface area contributed by atoms with Crippen molar-refractivity contribution in [3.63, 3.8) is 0 Å². The van der Waals surface area contributed by atoms with Gasteiger partial charge in [-0.2, -0.15) is 0 Å². The van der Waals surface area contributed by atoms with Crippen LogP contribution in [0.3, 0.4) is 0 Å². The number of benzene rings is 1. The lowest BCUT2D eigenvalue weighted by Crippen LogP contribution is -2.50. The van der Waals surface area contributed by atoms with Crippen LogP contribution in [-0.4, -0.2) is 57.5 Å². The summed E-state index contributed by atoms with van der Waals surface area (Å²) in [6, 6.07) is 14.5. The van der Waals surface area contributed by atoms with Crippen molar-refractivity contribution in [2.75, 3.05) is 31.6 Å². The van der Waals surface area contributed by atoms with Gasteiger partial charge < -0.3 is 14.5 Å². The first-order valence-corrected chi connectivity index (χ1v) is 11.7. The predicted molar refractivity (Wildman–Crippen MR) is 133 cm³/mol. The number of ether oxygens (including phenoxy) is 1. The van der Waals surface area contributed by atoms with Crippen molar-refractivity contribution in [3.05, 3.63) is 88.4 Å². The minimum atomic E-state index is -0.685. The summed E-state index contributed by atoms with van der Waals surface area (Å²) in [4.78, 5) is 29.5. The van der Waals surface area contributed by atoms with Gasteiger partial charge in [-0.05, 0) is 47.9 Å². The second kappa shape index (κ2) is 9.06. The first-order chi connectivity index (χ1) is 17.5. The van der Waals surface area contributed by atoms with E-state index in [1.807, 2.05) is 28.9 Å². The highest BCUT2D eigenvalue weighted by Gasteiger charge is 2.27. The Morgan fingerprint density at radius 1 is 1.11 bits per heavy atom. The summed E-state index contributed by atoms with van der Waals surface area (Å²) in [7, 11) is 0. The lowest BCUT2D eigenvalue weighted by atomic mass is 9.99. The third-order valence-corrected chi connectivity index (χ3v) is 6.70. The molecule has 1 saturated heterocycles. The predicted octanol–water partition coefficient (Wildman–Crippen LogP) is 4.24. The summed E-state index contributed by atoms with van der Waals surface area (Å²) in [5.74, 6) is -1.16. The number of hydrogen-bond acceptors (Lipinski definition) is 7. The van der Waals surface area contributed by atoms with Crippen LogP contribution in [-0.2, 0) is 4.74 Å². The van der Waals surface area contributed by atoms with Gasteiger partial charge in [-0.15, -0.1) is 0 Å². The number of furan rings is 1. The van der Waals surface area contributed by atoms with Gasteiger partial charge in [0.1, 0.15) is 10.6 Å². The highest BCUT2D eigenvalue weighted by molar-refractivity contribution is 6.02. The molecule has 0 radical (unpaired) electrons. The second-order valence-electron chi connectivity index (χ2n) is 8.88. The molecule has 182 valence electrons. The molecule has 5 heterocycles. The molecule has 0 bridgehead atoms. The van der Waals surface area contributed by atoms with Crippen LogP contribution in [0.2, 0.25) is 0 Å². The van der Waals surface area contributed by atoms with Gasteiger partial charge in [0.2, 0.25) is 0 Å². The molecule has 4 aromatic rings. The summed E-state index contributed by atoms with van der Waals surface area (Å²) in [6.45, 7) is 3.68. The van der Waals surface area contributed by atoms with Crippen LogP contribution in [0.1, 0.15) is 22.5 Å². The van der Waals surface area contributed by atoms with E-state index in [1.54, 1.807) is 12.1 Å². The SMILES string of the molecule is O=C(Nc1ccc(-c2cnc3cc(C4=CCN(C5COC5)CC4)ccn23)cc1)c1ccc([N+](=O)[O-])o1. The third kappa shape index (κ3) is 4.16. The van der Waals surface area contributed by atoms with E-state index in [4.69, 9.17) is 9.15 Å². The van der Waals surface area contributed by atoms with Gasteiger partial charge in [0, 0.05) is 30.5 Å². The molecule has 10 nitrogen and oxygen atoms in total. The molecule has 1 aromatic carbocycles. The van der Waals surface area contributed by atoms with Crippen molar-refractivity contribution in [2.45, 2.75) is 12.5 Å². The average molecular weight is 486 g/mol. The second-order valence-corrected chi connectivity index (χ2v) is 8.88. The van der Waals surface area contributed by atoms with Crippen LogP contribution in [0, 0.1) is 10.1 Å². The van der Waals surface area contributed by atoms with Crippen LogP contribution in [0.25, 0.3) is 22.5 Å². The standard InChI is InChI=1S/C26H23N5O5/c32-26(23-5-6-25(36-23)31(33)34)28-20-3-1-18(2-4-20)22-14-27-24-13-19(9-12-30(22)24)17-7-10-29(11-8-17)21-15-35-16-21/h1-7,9,12-14,21H,8,10-11,15-16H2,(H,28,32). The Kier molecular flexibility index (Phi) is 5.59. The summed E-state index contributed by atoms with van der Waals surface area (Å²) in [5.41, 5.74) is 5.84. The van der Waals surface area contributed by atoms with Crippen molar-refractivity contribution in [2.24, 2.45) is 0 Å². The molecule has 36 heavy (non-hydrogen) atoms. The molecule has 1 amide bonds. The van der Waals surface area contributed by atoms with Crippen LogP contribution in [0.4, 0.5) is 11.6 Å². The fourth-order valence-corrected chi connectivity index (χ4v) is 4.57. The highest BCUT2D eigenvalue weighted by Crippen LogP contribution is 2.28. The van der Waals surface area contributed by atoms with Crippen LogP contribution in [0.5, 0.6) is 0 Å². The number of imidazole rings is 1. The zero-order chi connectivity index (χ0) is 24.6. The molecular weight excluding hydrogens is 462 g/mol. The van der Waals surface area contributed by atoms with Gasteiger partial charge in [0.05, 0.1) is 37.2 Å². The molecule has 0 saturated carbocycles. The van der Waals surface area contributed by atoms with E-state index in [9.17, 15) is 14.9 Å². The van der Waals surface area contributed by atoms with E-state index in [1.165, 1.54) is 17.2 Å². The molecule has 0 unspecified atom stereocenters. The van der Waals surface area contributed by atoms with E-state index < -0.39 is 16.7 Å². The number of hydrogen-bond donors (Lipinski definition) is 1. The summed E-state index contributed by atoms with van der Waals surface area (Å²) >= 11 is 0. The van der Waals surface area contributed by atoms with Gasteiger partial charge in [0.15, 0.2) is 5.76 Å². The first kappa shape index (κ1) is 22.2. The van der Waals surface area contributed by atoms with E-state index in [2.05, 4.69) is 33.4 Å². The number of nitrogens with zero attached hydrogens (tertiary/aromatic N) is 4. The Bertz CT molecular complexity index is 1480. The lowest BCUT2D eigenvalue weighted by molar-refractivity contribution is -0.402. The number of nitro groups is 1. The minimum absolute atomic E-state index is 0.124. The largest absolute Gasteiger partial charge is 0.433 e. The van der Waals surface area contributed by atoms with Crippen molar-refractivity contribution >= 4 is 28.7 Å². The molecular formula is C26H23N5O5. The van der Waals surface area contributed by atoms with E-state index in [-0.39, 0.29) is 5.76 Å². The fourth-order valence-electron chi connectivity index (χ4n) is 4.57. The van der Waals surface area contributed by atoms with E-state index >= 15 is 0 Å². The van der Waals surface area contributed by atoms with Crippen molar-refractivity contribution in [1.82, 2.24) is 14.3 Å². The number of rotatable bonds is 6. The Morgan fingerprint density at radius 2 is 1.94 bits per heavy atom. The molecule has 6 rings (SSSR count). The summed E-state index contributed by atoms with van der Waals surface area (Å²) in [5, 5.41) is 13.4. The maximum absolute atomic E-state index is 12.3. The number of carbonyl (C=O) groups excluding carboxylic acids is 1. The molecule has 0 aliphatic carbocycles. The molecule has 3 aromatic heterocycles. The van der Waals surface area contributed by atoms with Crippen LogP contribution in [0.15, 0.2) is 71.4 Å². The molecule has 2 aliphatic rings. The lowest BCUT2D eigenvalue weighted by Gasteiger charge is -2.38. The summed E-state index contributed by atoms with van der Waals surface area (Å²) in [6.07, 6.45) is 7.20. The number of aromatic nitrogens is 2. The number of carbonyl (C=O) groups is 1. The average Bonchev–Trinajstić information content (AvgIpc) is 3.52. The molecule has 10 heteroatoms. The quantitative estimate of drug-likeness (QED) is 0.321. The van der Waals surface area contributed by atoms with Crippen LogP contribution >= 0.6 is 0 Å². The van der Waals surface area contributed by atoms with Gasteiger partial charge in [0.25, 0.3) is 5.91 Å². The molecule has 1 N–H and O–H groups in total. The Morgan fingerprint density at radius 3 is 2.61 bits per heavy atom. The molecule has 1 fully saturated rings. The number of amides is 1. The Balaban J connectivity index is 1.16. The normalized spacial score (nSPS) is 16.5. The maximum atomic E-state index is 12.3. The smallest absolute Gasteiger partial charge is 0.395 e. The van der Waals surface area contributed by atoms with E-state index in [0.29, 0.717) is 11.7 Å². The van der Waals surface area contributed by atoms with Crippen LogP contribution < -0.4 is 5.32 Å². The molecule has 0 spiro atoms. The topological polar surface area (TPSA) is 115 Å². The van der Waals surface area contributed by atoms with Gasteiger partial charge in [-0.3, -0.25) is 24.2 Å². The highest BCUT2D eigenvalue weighted by atomic mass is 16.6. The summed E-state index contributed by atoms with van der Waals surface area (Å²) < 4.78 is 12.3. The molecule has 2 aliphatic heterocycles. The van der Waals surface area contributed by atoms with Gasteiger partial charge in [-0.25, -0.2) is 4.98 Å². The van der Waals surface area contributed by atoms with Gasteiger partial charge >= 0.3 is 5.88 Å². The van der Waals surface area contributed by atoms with Crippen molar-refractivity contribution in [3.8, 4) is 11.3 Å². The minimum Gasteiger partial charge on any atom is -0.395 e. The first-order valence-electron chi connectivity index (χ1n) is 11.7. The number of fused-ring (bicyclic) bond motifs is 1. The Hall–Kier alpha value is -4.28. The Labute approximate surface area is 205 Å². The van der Waals surface area contributed by atoms with E-state index in [0.717, 1.165) is 55.7 Å². The van der Waals surface area contributed by atoms with Crippen molar-refractivity contribution in [1.29, 1.82) is 0 Å². The van der Waals surface area contributed by atoms with Crippen molar-refractivity contribution < 1.29 is 18.9 Å². The third-order valence-electron chi connectivity index (χ3n) is 6.70. The zero-order valence-corrected chi connectivity index (χ0v) is 19.3. The van der Waals surface area contributed by atoms with Gasteiger partial charge in [-0.1, -0.05) is 18.2 Å². The molecule has 0 atom stereocenters. The fraction of sp³-hybridized carbons (Fsp3) is 0.231. The zero-order valence-electron chi connectivity index (χ0n) is 19.3. The maximum Gasteiger partial charge on any atom is 0.433 e. The number of anilines is 1. The number of nitrogens with one attached hydrogen (secondary N) is 1. The number of pyridine rings is 1.